The van der Waals surface area contributed by atoms with Gasteiger partial charge in [0.25, 0.3) is 7.82 Å². The number of esters is 2. The van der Waals surface area contributed by atoms with E-state index in [-0.39, 0.29) is 26.1 Å². The van der Waals surface area contributed by atoms with E-state index in [0.717, 1.165) is 83.5 Å². The summed E-state index contributed by atoms with van der Waals surface area (Å²) in [4.78, 5) is 37.5. The van der Waals surface area contributed by atoms with E-state index in [4.69, 9.17) is 18.5 Å². The number of carbonyl (C=O) groups excluding carboxylic acids is 2. The fourth-order valence-electron chi connectivity index (χ4n) is 4.87. The van der Waals surface area contributed by atoms with Gasteiger partial charge in [-0.3, -0.25) is 14.2 Å². The van der Waals surface area contributed by atoms with Crippen molar-refractivity contribution in [1.82, 2.24) is 0 Å². The lowest BCUT2D eigenvalue weighted by Gasteiger charge is -2.28. The van der Waals surface area contributed by atoms with E-state index in [1.165, 1.54) is 0 Å². The SMILES string of the molecule is CC/C=C/C=C/C=C/C=C/CCCCCC(=O)OC(COC(=O)CCCCCC/C=C/C/C=C/C/C=C/C/C=C/C/C=C/CC)COP(=O)([O-])OCC[N+](C)(C)C. The molecule has 9 nitrogen and oxygen atoms in total. The number of allylic oxidation sites excluding steroid dienone is 18. The summed E-state index contributed by atoms with van der Waals surface area (Å²) in [6, 6.07) is 0. The molecule has 0 aromatic carbocycles. The molecule has 0 aliphatic carbocycles. The summed E-state index contributed by atoms with van der Waals surface area (Å²) in [7, 11) is 1.10. The van der Waals surface area contributed by atoms with Crippen molar-refractivity contribution in [1.29, 1.82) is 0 Å². The Kier molecular flexibility index (Phi) is 36.0. The molecule has 322 valence electrons. The second kappa shape index (κ2) is 38.2. The minimum absolute atomic E-state index is 0.0504. The Labute approximate surface area is 346 Å². The largest absolute Gasteiger partial charge is 0.756 e. The van der Waals surface area contributed by atoms with Crippen molar-refractivity contribution >= 4 is 19.8 Å². The van der Waals surface area contributed by atoms with Gasteiger partial charge in [0, 0.05) is 12.8 Å². The summed E-state index contributed by atoms with van der Waals surface area (Å²) >= 11 is 0. The molecule has 0 amide bonds. The van der Waals surface area contributed by atoms with Gasteiger partial charge in [-0.1, -0.05) is 142 Å². The fraction of sp³-hybridized carbons (Fsp3) is 0.574. The van der Waals surface area contributed by atoms with Gasteiger partial charge in [-0.2, -0.15) is 0 Å². The number of hydrogen-bond donors (Lipinski definition) is 0. The Morgan fingerprint density at radius 1 is 0.561 bits per heavy atom. The van der Waals surface area contributed by atoms with Gasteiger partial charge < -0.3 is 27.9 Å². The van der Waals surface area contributed by atoms with Crippen molar-refractivity contribution in [3.63, 3.8) is 0 Å². The van der Waals surface area contributed by atoms with Crippen LogP contribution in [0.5, 0.6) is 0 Å². The predicted octanol–water partition coefficient (Wildman–Crippen LogP) is 11.3. The van der Waals surface area contributed by atoms with E-state index in [2.05, 4.69) is 86.8 Å². The van der Waals surface area contributed by atoms with E-state index in [1.807, 2.05) is 57.6 Å². The number of nitrogens with zero attached hydrogens (tertiary/aromatic N) is 1. The fourth-order valence-corrected chi connectivity index (χ4v) is 5.59. The van der Waals surface area contributed by atoms with Crippen LogP contribution < -0.4 is 4.89 Å². The van der Waals surface area contributed by atoms with Crippen molar-refractivity contribution in [2.24, 2.45) is 0 Å². The van der Waals surface area contributed by atoms with Gasteiger partial charge in [0.05, 0.1) is 27.7 Å². The maximum Gasteiger partial charge on any atom is 0.306 e. The third-order valence-electron chi connectivity index (χ3n) is 8.13. The summed E-state index contributed by atoms with van der Waals surface area (Å²) in [6.45, 7) is 3.85. The molecular weight excluding hydrogens is 737 g/mol. The first kappa shape index (κ1) is 53.7. The molecule has 0 aromatic rings. The van der Waals surface area contributed by atoms with Crippen molar-refractivity contribution in [2.75, 3.05) is 47.5 Å². The maximum atomic E-state index is 12.6. The Morgan fingerprint density at radius 3 is 1.61 bits per heavy atom. The van der Waals surface area contributed by atoms with Crippen molar-refractivity contribution in [2.45, 2.75) is 129 Å². The maximum absolute atomic E-state index is 12.6. The minimum atomic E-state index is -4.65. The van der Waals surface area contributed by atoms with E-state index in [0.29, 0.717) is 23.9 Å². The third kappa shape index (κ3) is 42.1. The Balaban J connectivity index is 4.48. The van der Waals surface area contributed by atoms with Crippen molar-refractivity contribution in [3.05, 3.63) is 109 Å². The third-order valence-corrected chi connectivity index (χ3v) is 9.10. The number of rotatable bonds is 36. The van der Waals surface area contributed by atoms with Gasteiger partial charge in [0.2, 0.25) is 0 Å². The molecule has 0 heterocycles. The highest BCUT2D eigenvalue weighted by Gasteiger charge is 2.21. The lowest BCUT2D eigenvalue weighted by molar-refractivity contribution is -0.870. The van der Waals surface area contributed by atoms with Crippen molar-refractivity contribution < 1.29 is 42.1 Å². The molecule has 0 saturated heterocycles. The average Bonchev–Trinajstić information content (AvgIpc) is 3.16. The quantitative estimate of drug-likeness (QED) is 0.0154. The lowest BCUT2D eigenvalue weighted by atomic mass is 10.1. The minimum Gasteiger partial charge on any atom is -0.756 e. The molecule has 0 aliphatic heterocycles. The first-order chi connectivity index (χ1) is 27.5. The zero-order chi connectivity index (χ0) is 42.1. The van der Waals surface area contributed by atoms with Gasteiger partial charge in [-0.05, 0) is 77.0 Å². The van der Waals surface area contributed by atoms with Crippen LogP contribution in [0.2, 0.25) is 0 Å². The number of hydrogen-bond acceptors (Lipinski definition) is 8. The first-order valence-corrected chi connectivity index (χ1v) is 22.6. The molecule has 0 aromatic heterocycles. The molecular formula is C47H76NO8P. The van der Waals surface area contributed by atoms with Crippen LogP contribution in [0.15, 0.2) is 109 Å². The number of ether oxygens (including phenoxy) is 2. The zero-order valence-electron chi connectivity index (χ0n) is 36.0. The van der Waals surface area contributed by atoms with Gasteiger partial charge >= 0.3 is 11.9 Å². The normalized spacial score (nSPS) is 14.7. The molecule has 0 rings (SSSR count). The van der Waals surface area contributed by atoms with E-state index < -0.39 is 32.5 Å². The number of phosphoric ester groups is 1. The van der Waals surface area contributed by atoms with E-state index >= 15 is 0 Å². The molecule has 0 radical (unpaired) electrons. The summed E-state index contributed by atoms with van der Waals surface area (Å²) < 4.78 is 33.8. The lowest BCUT2D eigenvalue weighted by Crippen LogP contribution is -2.37. The molecule has 0 fully saturated rings. The Morgan fingerprint density at radius 2 is 1.04 bits per heavy atom. The van der Waals surface area contributed by atoms with Crippen LogP contribution in [-0.4, -0.2) is 70.0 Å². The molecule has 0 bridgehead atoms. The summed E-state index contributed by atoms with van der Waals surface area (Å²) in [5.41, 5.74) is 0. The van der Waals surface area contributed by atoms with E-state index in [9.17, 15) is 19.0 Å². The average molecular weight is 814 g/mol. The smallest absolute Gasteiger partial charge is 0.306 e. The predicted molar refractivity (Wildman–Crippen MR) is 235 cm³/mol. The Bertz CT molecular complexity index is 1330. The highest BCUT2D eigenvalue weighted by molar-refractivity contribution is 7.45. The monoisotopic (exact) mass is 814 g/mol. The molecule has 0 saturated carbocycles. The number of phosphoric acid groups is 1. The van der Waals surface area contributed by atoms with Gasteiger partial charge in [-0.25, -0.2) is 0 Å². The number of carbonyl (C=O) groups is 2. The van der Waals surface area contributed by atoms with Crippen LogP contribution in [0.25, 0.3) is 0 Å². The second-order valence-electron chi connectivity index (χ2n) is 14.7. The highest BCUT2D eigenvalue weighted by Crippen LogP contribution is 2.38. The van der Waals surface area contributed by atoms with Crippen LogP contribution in [0, 0.1) is 0 Å². The van der Waals surface area contributed by atoms with Gasteiger partial charge in [0.1, 0.15) is 19.8 Å². The Hall–Kier alpha value is -3.33. The standard InChI is InChI=1S/C47H76NO8P/c1-6-8-10-12-14-16-18-20-21-22-23-24-25-26-28-29-31-33-35-37-39-46(49)53-43-45(44-55-57(51,52)54-42-41-48(3,4)5)56-47(50)40-38-36-34-32-30-27-19-17-15-13-11-9-7-2/h8-11,13-17,19-21,23-24,26-28,30,45H,6-7,12,18,22,25,29,31-44H2,1-5H3/b10-8+,11-9+,15-13+,16-14+,19-17+,21-20+,24-23+,28-26+,30-27+. The molecule has 0 spiro atoms. The highest BCUT2D eigenvalue weighted by atomic mass is 31.2. The number of quaternary nitrogens is 1. The molecule has 2 atom stereocenters. The summed E-state index contributed by atoms with van der Waals surface area (Å²) in [5.74, 6) is -0.924. The van der Waals surface area contributed by atoms with Crippen LogP contribution in [0.4, 0.5) is 0 Å². The number of likely N-dealkylation sites (N-methyl/N-ethyl adjacent to an activating group) is 1. The number of unbranched alkanes of at least 4 members (excludes halogenated alkanes) is 7. The van der Waals surface area contributed by atoms with Crippen LogP contribution in [0.3, 0.4) is 0 Å². The van der Waals surface area contributed by atoms with Crippen LogP contribution in [-0.2, 0) is 32.7 Å². The first-order valence-electron chi connectivity index (χ1n) is 21.1. The van der Waals surface area contributed by atoms with Crippen LogP contribution >= 0.6 is 7.82 Å². The summed E-state index contributed by atoms with van der Waals surface area (Å²) in [6.07, 6.45) is 51.2. The molecule has 2 unspecified atom stereocenters. The van der Waals surface area contributed by atoms with Gasteiger partial charge in [-0.15, -0.1) is 0 Å². The van der Waals surface area contributed by atoms with E-state index in [1.54, 1.807) is 0 Å². The summed E-state index contributed by atoms with van der Waals surface area (Å²) in [5, 5.41) is 0. The second-order valence-corrected chi connectivity index (χ2v) is 16.1. The molecule has 57 heavy (non-hydrogen) atoms. The topological polar surface area (TPSA) is 111 Å². The van der Waals surface area contributed by atoms with Crippen LogP contribution in [0.1, 0.15) is 123 Å². The molecule has 0 N–H and O–H groups in total. The molecule has 0 aliphatic rings. The van der Waals surface area contributed by atoms with Gasteiger partial charge in [0.15, 0.2) is 6.10 Å². The van der Waals surface area contributed by atoms with Crippen molar-refractivity contribution in [3.8, 4) is 0 Å². The molecule has 10 heteroatoms. The zero-order valence-corrected chi connectivity index (χ0v) is 36.9.